The van der Waals surface area contributed by atoms with Gasteiger partial charge in [0.05, 0.1) is 11.2 Å². The van der Waals surface area contributed by atoms with Crippen LogP contribution in [0.4, 0.5) is 0 Å². The number of hydrogen-bond donors (Lipinski definition) is 1. The van der Waals surface area contributed by atoms with E-state index in [9.17, 15) is 9.90 Å². The van der Waals surface area contributed by atoms with Crippen LogP contribution in [0.15, 0.2) is 59.4 Å². The molecule has 1 aromatic heterocycles. The molecule has 0 aliphatic carbocycles. The Labute approximate surface area is 149 Å². The van der Waals surface area contributed by atoms with Gasteiger partial charge in [-0.25, -0.2) is 0 Å². The minimum atomic E-state index is -0.145. The van der Waals surface area contributed by atoms with Crippen LogP contribution >= 0.6 is 11.6 Å². The molecule has 0 atom stereocenters. The van der Waals surface area contributed by atoms with Crippen LogP contribution in [-0.4, -0.2) is 9.67 Å². The molecular weight excluding hydrogens is 334 g/mol. The summed E-state index contributed by atoms with van der Waals surface area (Å²) < 4.78 is 1.68. The number of pyridine rings is 1. The normalized spacial score (nSPS) is 11.3. The second-order valence-electron chi connectivity index (χ2n) is 6.24. The molecule has 3 aromatic carbocycles. The van der Waals surface area contributed by atoms with Crippen molar-refractivity contribution in [2.75, 3.05) is 0 Å². The van der Waals surface area contributed by atoms with E-state index in [1.807, 2.05) is 38.1 Å². The molecule has 0 fully saturated rings. The van der Waals surface area contributed by atoms with Crippen molar-refractivity contribution in [2.24, 2.45) is 0 Å². The van der Waals surface area contributed by atoms with Gasteiger partial charge >= 0.3 is 0 Å². The molecule has 4 aromatic rings. The third kappa shape index (κ3) is 2.31. The number of phenolic OH excluding ortho intramolecular Hbond substituents is 1. The molecule has 0 bridgehead atoms. The lowest BCUT2D eigenvalue weighted by atomic mass is 10.0. The minimum absolute atomic E-state index is 0.110. The Morgan fingerprint density at radius 2 is 1.60 bits per heavy atom. The zero-order valence-electron chi connectivity index (χ0n) is 13.9. The van der Waals surface area contributed by atoms with Crippen molar-refractivity contribution in [1.82, 2.24) is 4.57 Å². The summed E-state index contributed by atoms with van der Waals surface area (Å²) in [7, 11) is 0. The summed E-state index contributed by atoms with van der Waals surface area (Å²) in [5, 5.41) is 12.7. The maximum Gasteiger partial charge on any atom is 0.263 e. The van der Waals surface area contributed by atoms with Crippen molar-refractivity contribution in [2.45, 2.75) is 13.8 Å². The molecule has 0 spiro atoms. The van der Waals surface area contributed by atoms with Crippen LogP contribution in [0.3, 0.4) is 0 Å². The first-order valence-corrected chi connectivity index (χ1v) is 8.39. The van der Waals surface area contributed by atoms with Crippen LogP contribution in [0, 0.1) is 13.8 Å². The summed E-state index contributed by atoms with van der Waals surface area (Å²) in [5.74, 6) is 0.110. The largest absolute Gasteiger partial charge is 0.508 e. The zero-order chi connectivity index (χ0) is 17.7. The van der Waals surface area contributed by atoms with Gasteiger partial charge in [0, 0.05) is 27.2 Å². The first kappa shape index (κ1) is 15.7. The SMILES string of the molecule is Cc1cccc(C)c1-n1c(=O)c2cccc(Cl)c2c2ccc(O)cc21. The molecule has 0 radical (unpaired) electrons. The molecule has 1 heterocycles. The Bertz CT molecular complexity index is 1190. The highest BCUT2D eigenvalue weighted by atomic mass is 35.5. The van der Waals surface area contributed by atoms with Gasteiger partial charge in [-0.05, 0) is 49.2 Å². The predicted molar refractivity (Wildman–Crippen MR) is 103 cm³/mol. The lowest BCUT2D eigenvalue weighted by Crippen LogP contribution is -2.21. The minimum Gasteiger partial charge on any atom is -0.508 e. The summed E-state index contributed by atoms with van der Waals surface area (Å²) in [6, 6.07) is 16.3. The quantitative estimate of drug-likeness (QED) is 0.485. The van der Waals surface area contributed by atoms with E-state index in [1.54, 1.807) is 34.9 Å². The zero-order valence-corrected chi connectivity index (χ0v) is 14.6. The average Bonchev–Trinajstić information content (AvgIpc) is 2.57. The number of halogens is 1. The van der Waals surface area contributed by atoms with Crippen LogP contribution in [0.2, 0.25) is 5.02 Å². The number of fused-ring (bicyclic) bond motifs is 3. The van der Waals surface area contributed by atoms with Gasteiger partial charge < -0.3 is 5.11 Å². The third-order valence-corrected chi connectivity index (χ3v) is 4.92. The van der Waals surface area contributed by atoms with Crippen molar-refractivity contribution in [3.05, 3.63) is 81.1 Å². The Hall–Kier alpha value is -2.78. The maximum absolute atomic E-state index is 13.3. The Kier molecular flexibility index (Phi) is 3.55. The molecule has 4 heteroatoms. The first-order chi connectivity index (χ1) is 12.0. The fourth-order valence-electron chi connectivity index (χ4n) is 3.50. The summed E-state index contributed by atoms with van der Waals surface area (Å²) in [6.07, 6.45) is 0. The molecule has 0 saturated heterocycles. The van der Waals surface area contributed by atoms with Gasteiger partial charge in [0.15, 0.2) is 0 Å². The van der Waals surface area contributed by atoms with E-state index in [-0.39, 0.29) is 11.3 Å². The summed E-state index contributed by atoms with van der Waals surface area (Å²) in [6.45, 7) is 3.96. The molecule has 1 N–H and O–H groups in total. The van der Waals surface area contributed by atoms with E-state index in [0.717, 1.165) is 22.2 Å². The van der Waals surface area contributed by atoms with Gasteiger partial charge in [0.2, 0.25) is 0 Å². The Morgan fingerprint density at radius 1 is 0.920 bits per heavy atom. The lowest BCUT2D eigenvalue weighted by Gasteiger charge is -2.18. The number of hydrogen-bond acceptors (Lipinski definition) is 2. The monoisotopic (exact) mass is 349 g/mol. The number of aromatic nitrogens is 1. The fraction of sp³-hybridized carbons (Fsp3) is 0.0952. The van der Waals surface area contributed by atoms with Crippen LogP contribution < -0.4 is 5.56 Å². The molecule has 124 valence electrons. The van der Waals surface area contributed by atoms with Crippen LogP contribution in [0.5, 0.6) is 5.75 Å². The van der Waals surface area contributed by atoms with Crippen LogP contribution in [0.1, 0.15) is 11.1 Å². The number of aryl methyl sites for hydroxylation is 2. The maximum atomic E-state index is 13.3. The molecule has 3 nitrogen and oxygen atoms in total. The number of nitrogens with zero attached hydrogens (tertiary/aromatic N) is 1. The highest BCUT2D eigenvalue weighted by Gasteiger charge is 2.17. The van der Waals surface area contributed by atoms with E-state index >= 15 is 0 Å². The van der Waals surface area contributed by atoms with E-state index in [0.29, 0.717) is 21.3 Å². The van der Waals surface area contributed by atoms with Crippen molar-refractivity contribution in [3.8, 4) is 11.4 Å². The van der Waals surface area contributed by atoms with Crippen molar-refractivity contribution in [1.29, 1.82) is 0 Å². The fourth-order valence-corrected chi connectivity index (χ4v) is 3.78. The van der Waals surface area contributed by atoms with Crippen molar-refractivity contribution in [3.63, 3.8) is 0 Å². The summed E-state index contributed by atoms with van der Waals surface area (Å²) in [4.78, 5) is 13.3. The smallest absolute Gasteiger partial charge is 0.263 e. The van der Waals surface area contributed by atoms with Gasteiger partial charge in [-0.1, -0.05) is 35.9 Å². The van der Waals surface area contributed by atoms with Crippen molar-refractivity contribution >= 4 is 33.3 Å². The van der Waals surface area contributed by atoms with E-state index in [2.05, 4.69) is 0 Å². The first-order valence-electron chi connectivity index (χ1n) is 8.01. The van der Waals surface area contributed by atoms with Gasteiger partial charge in [0.1, 0.15) is 5.75 Å². The molecule has 0 aliphatic rings. The van der Waals surface area contributed by atoms with E-state index < -0.39 is 0 Å². The topological polar surface area (TPSA) is 42.2 Å². The number of benzene rings is 3. The van der Waals surface area contributed by atoms with Crippen molar-refractivity contribution < 1.29 is 5.11 Å². The number of aromatic hydroxyl groups is 1. The molecule has 4 rings (SSSR count). The van der Waals surface area contributed by atoms with Crippen LogP contribution in [-0.2, 0) is 0 Å². The second kappa shape index (κ2) is 5.64. The molecule has 0 aliphatic heterocycles. The number of para-hydroxylation sites is 1. The number of phenols is 1. The Balaban J connectivity index is 2.34. The van der Waals surface area contributed by atoms with Gasteiger partial charge in [0.25, 0.3) is 5.56 Å². The second-order valence-corrected chi connectivity index (χ2v) is 6.65. The van der Waals surface area contributed by atoms with Gasteiger partial charge in [-0.2, -0.15) is 0 Å². The Morgan fingerprint density at radius 3 is 2.32 bits per heavy atom. The average molecular weight is 350 g/mol. The molecule has 25 heavy (non-hydrogen) atoms. The molecular formula is C21H16ClNO2. The highest BCUT2D eigenvalue weighted by Crippen LogP contribution is 2.33. The standard InChI is InChI=1S/C21H16ClNO2/c1-12-5-3-6-13(2)20(12)23-18-11-14(24)9-10-15(18)19-16(21(23)25)7-4-8-17(19)22/h3-11,24H,1-2H3. The molecule has 0 amide bonds. The van der Waals surface area contributed by atoms with Gasteiger partial charge in [-0.15, -0.1) is 0 Å². The molecule has 0 unspecified atom stereocenters. The van der Waals surface area contributed by atoms with Gasteiger partial charge in [-0.3, -0.25) is 9.36 Å². The predicted octanol–water partition coefficient (Wildman–Crippen LogP) is 5.12. The highest BCUT2D eigenvalue weighted by molar-refractivity contribution is 6.37. The van der Waals surface area contributed by atoms with E-state index in [4.69, 9.17) is 11.6 Å². The summed E-state index contributed by atoms with van der Waals surface area (Å²) in [5.41, 5.74) is 3.32. The van der Waals surface area contributed by atoms with Crippen LogP contribution in [0.25, 0.3) is 27.4 Å². The number of rotatable bonds is 1. The lowest BCUT2D eigenvalue weighted by molar-refractivity contribution is 0.476. The van der Waals surface area contributed by atoms with E-state index in [1.165, 1.54) is 0 Å². The summed E-state index contributed by atoms with van der Waals surface area (Å²) >= 11 is 6.40. The third-order valence-electron chi connectivity index (χ3n) is 4.60. The molecule has 0 saturated carbocycles.